The first-order valence-electron chi connectivity index (χ1n) is 9.90. The summed E-state index contributed by atoms with van der Waals surface area (Å²) in [4.78, 5) is 38.6. The second-order valence-electron chi connectivity index (χ2n) is 7.43. The Morgan fingerprint density at radius 2 is 1.67 bits per heavy atom. The van der Waals surface area contributed by atoms with E-state index in [2.05, 4.69) is 5.32 Å². The van der Waals surface area contributed by atoms with Crippen molar-refractivity contribution in [3.05, 3.63) is 71.5 Å². The highest BCUT2D eigenvalue weighted by atomic mass is 19.1. The van der Waals surface area contributed by atoms with E-state index in [0.29, 0.717) is 25.9 Å². The molecule has 1 fully saturated rings. The molecule has 1 heterocycles. The Bertz CT molecular complexity index is 891. The van der Waals surface area contributed by atoms with Gasteiger partial charge in [0.05, 0.1) is 5.41 Å². The Morgan fingerprint density at radius 3 is 2.27 bits per heavy atom. The number of halogens is 1. The topological polar surface area (TPSA) is 75.7 Å². The van der Waals surface area contributed by atoms with Crippen molar-refractivity contribution in [1.29, 1.82) is 0 Å². The third-order valence-corrected chi connectivity index (χ3v) is 5.52. The Morgan fingerprint density at radius 1 is 1.03 bits per heavy atom. The molecule has 1 N–H and O–H groups in total. The molecule has 0 aliphatic carbocycles. The minimum Gasteiger partial charge on any atom is -0.455 e. The summed E-state index contributed by atoms with van der Waals surface area (Å²) in [6.45, 7) is 2.24. The van der Waals surface area contributed by atoms with Crippen molar-refractivity contribution < 1.29 is 23.5 Å². The molecular weight excluding hydrogens is 387 g/mol. The third-order valence-electron chi connectivity index (χ3n) is 5.52. The maximum atomic E-state index is 13.1. The van der Waals surface area contributed by atoms with Gasteiger partial charge in [-0.1, -0.05) is 42.5 Å². The van der Waals surface area contributed by atoms with Crippen LogP contribution >= 0.6 is 0 Å². The molecule has 0 radical (unpaired) electrons. The van der Waals surface area contributed by atoms with Crippen molar-refractivity contribution in [3.8, 4) is 0 Å². The molecule has 0 aromatic heterocycles. The zero-order valence-corrected chi connectivity index (χ0v) is 16.9. The van der Waals surface area contributed by atoms with Gasteiger partial charge in [0.25, 0.3) is 5.91 Å². The molecule has 0 unspecified atom stereocenters. The molecule has 0 saturated carbocycles. The number of carbonyl (C=O) groups excluding carboxylic acids is 3. The summed E-state index contributed by atoms with van der Waals surface area (Å²) in [5.41, 5.74) is 0.683. The summed E-state index contributed by atoms with van der Waals surface area (Å²) in [6, 6.07) is 15.1. The van der Waals surface area contributed by atoms with E-state index in [1.807, 2.05) is 30.3 Å². The predicted molar refractivity (Wildman–Crippen MR) is 109 cm³/mol. The fraction of sp³-hybridized carbons (Fsp3) is 0.348. The Labute approximate surface area is 175 Å². The van der Waals surface area contributed by atoms with E-state index in [4.69, 9.17) is 4.74 Å². The highest BCUT2D eigenvalue weighted by Crippen LogP contribution is 2.37. The number of nitrogens with zero attached hydrogens (tertiary/aromatic N) is 1. The van der Waals surface area contributed by atoms with Crippen LogP contribution in [0.25, 0.3) is 0 Å². The minimum absolute atomic E-state index is 0.0230. The van der Waals surface area contributed by atoms with Crippen LogP contribution in [0, 0.1) is 5.82 Å². The number of likely N-dealkylation sites (tertiary alicyclic amines) is 1. The molecule has 3 rings (SSSR count). The summed E-state index contributed by atoms with van der Waals surface area (Å²) in [5.74, 6) is -1.27. The third kappa shape index (κ3) is 5.03. The Hall–Kier alpha value is -3.22. The number of hydrogen-bond donors (Lipinski definition) is 1. The van der Waals surface area contributed by atoms with Gasteiger partial charge < -0.3 is 15.0 Å². The van der Waals surface area contributed by atoms with Crippen LogP contribution in [0.4, 0.5) is 4.39 Å². The van der Waals surface area contributed by atoms with Gasteiger partial charge in [0.2, 0.25) is 5.91 Å². The van der Waals surface area contributed by atoms with Crippen molar-refractivity contribution in [2.45, 2.75) is 31.7 Å². The largest absolute Gasteiger partial charge is 0.455 e. The summed E-state index contributed by atoms with van der Waals surface area (Å²) in [7, 11) is 0. The maximum absolute atomic E-state index is 13.1. The number of carbonyl (C=O) groups is 3. The number of nitrogens with one attached hydrogen (secondary N) is 1. The fourth-order valence-electron chi connectivity index (χ4n) is 3.69. The second kappa shape index (κ2) is 9.52. The molecule has 0 atom stereocenters. The van der Waals surface area contributed by atoms with Gasteiger partial charge in [-0.3, -0.25) is 14.4 Å². The van der Waals surface area contributed by atoms with E-state index in [-0.39, 0.29) is 18.3 Å². The molecule has 1 aliphatic heterocycles. The molecule has 30 heavy (non-hydrogen) atoms. The molecule has 2 aromatic rings. The number of amides is 2. The zero-order valence-electron chi connectivity index (χ0n) is 16.9. The Kier molecular flexibility index (Phi) is 6.82. The maximum Gasteiger partial charge on any atom is 0.317 e. The van der Waals surface area contributed by atoms with Crippen LogP contribution in [0.1, 0.15) is 30.9 Å². The fourth-order valence-corrected chi connectivity index (χ4v) is 3.69. The van der Waals surface area contributed by atoms with E-state index in [1.54, 1.807) is 17.0 Å². The molecule has 7 heteroatoms. The van der Waals surface area contributed by atoms with Crippen molar-refractivity contribution in [2.24, 2.45) is 0 Å². The van der Waals surface area contributed by atoms with E-state index in [0.717, 1.165) is 11.1 Å². The summed E-state index contributed by atoms with van der Waals surface area (Å²) in [5, 5.41) is 2.66. The number of rotatable bonds is 6. The van der Waals surface area contributed by atoms with E-state index in [1.165, 1.54) is 19.1 Å². The number of hydrogen-bond acceptors (Lipinski definition) is 4. The standard InChI is InChI=1S/C23H25FN2O4/c1-17(27)26-13-11-23(12-14-26,19-5-3-2-4-6-19)22(29)30-16-21(28)25-15-18-7-9-20(24)10-8-18/h2-10H,11-16H2,1H3,(H,25,28). The summed E-state index contributed by atoms with van der Waals surface area (Å²) >= 11 is 0. The normalized spacial score (nSPS) is 15.3. The predicted octanol–water partition coefficient (Wildman–Crippen LogP) is 2.57. The summed E-state index contributed by atoms with van der Waals surface area (Å²) < 4.78 is 18.3. The minimum atomic E-state index is -0.884. The van der Waals surface area contributed by atoms with Crippen LogP contribution in [0.15, 0.2) is 54.6 Å². The first-order valence-corrected chi connectivity index (χ1v) is 9.90. The SMILES string of the molecule is CC(=O)N1CCC(C(=O)OCC(=O)NCc2ccc(F)cc2)(c2ccccc2)CC1. The van der Waals surface area contributed by atoms with Gasteiger partial charge in [-0.15, -0.1) is 0 Å². The van der Waals surface area contributed by atoms with Crippen LogP contribution < -0.4 is 5.32 Å². The highest BCUT2D eigenvalue weighted by molar-refractivity contribution is 5.87. The van der Waals surface area contributed by atoms with Gasteiger partial charge in [-0.2, -0.15) is 0 Å². The molecule has 1 aliphatic rings. The molecule has 6 nitrogen and oxygen atoms in total. The Balaban J connectivity index is 1.62. The number of esters is 1. The quantitative estimate of drug-likeness (QED) is 0.740. The van der Waals surface area contributed by atoms with Gasteiger partial charge in [-0.25, -0.2) is 4.39 Å². The van der Waals surface area contributed by atoms with Crippen molar-refractivity contribution >= 4 is 17.8 Å². The van der Waals surface area contributed by atoms with Crippen molar-refractivity contribution in [3.63, 3.8) is 0 Å². The van der Waals surface area contributed by atoms with Crippen LogP contribution in [-0.2, 0) is 31.1 Å². The van der Waals surface area contributed by atoms with Crippen molar-refractivity contribution in [2.75, 3.05) is 19.7 Å². The lowest BCUT2D eigenvalue weighted by atomic mass is 9.72. The van der Waals surface area contributed by atoms with Crippen LogP contribution in [0.3, 0.4) is 0 Å². The second-order valence-corrected chi connectivity index (χ2v) is 7.43. The van der Waals surface area contributed by atoms with Crippen molar-refractivity contribution in [1.82, 2.24) is 10.2 Å². The molecule has 0 spiro atoms. The smallest absolute Gasteiger partial charge is 0.317 e. The first-order chi connectivity index (χ1) is 14.4. The molecule has 1 saturated heterocycles. The molecular formula is C23H25FN2O4. The van der Waals surface area contributed by atoms with Crippen LogP contribution in [-0.4, -0.2) is 42.4 Å². The lowest BCUT2D eigenvalue weighted by molar-refractivity contribution is -0.157. The monoisotopic (exact) mass is 412 g/mol. The average molecular weight is 412 g/mol. The van der Waals surface area contributed by atoms with Gasteiger partial charge in [0.1, 0.15) is 5.82 Å². The van der Waals surface area contributed by atoms with E-state index < -0.39 is 23.9 Å². The molecule has 158 valence electrons. The van der Waals surface area contributed by atoms with Gasteiger partial charge in [0, 0.05) is 26.6 Å². The number of piperidine rings is 1. The highest BCUT2D eigenvalue weighted by Gasteiger charge is 2.44. The number of ether oxygens (including phenoxy) is 1. The molecule has 2 amide bonds. The lowest BCUT2D eigenvalue weighted by Crippen LogP contribution is -2.49. The summed E-state index contributed by atoms with van der Waals surface area (Å²) in [6.07, 6.45) is 0.874. The van der Waals surface area contributed by atoms with Gasteiger partial charge in [0.15, 0.2) is 6.61 Å². The first kappa shape index (κ1) is 21.5. The number of benzene rings is 2. The lowest BCUT2D eigenvalue weighted by Gasteiger charge is -2.40. The van der Waals surface area contributed by atoms with E-state index in [9.17, 15) is 18.8 Å². The zero-order chi connectivity index (χ0) is 21.6. The van der Waals surface area contributed by atoms with Gasteiger partial charge in [-0.05, 0) is 36.1 Å². The van der Waals surface area contributed by atoms with Crippen LogP contribution in [0.5, 0.6) is 0 Å². The van der Waals surface area contributed by atoms with Gasteiger partial charge >= 0.3 is 5.97 Å². The molecule has 2 aromatic carbocycles. The molecule has 0 bridgehead atoms. The van der Waals surface area contributed by atoms with Crippen LogP contribution in [0.2, 0.25) is 0 Å². The average Bonchev–Trinajstić information content (AvgIpc) is 2.77. The van der Waals surface area contributed by atoms with E-state index >= 15 is 0 Å².